The Balaban J connectivity index is 2.54. The van der Waals surface area contributed by atoms with Crippen molar-refractivity contribution in [2.24, 2.45) is 0 Å². The van der Waals surface area contributed by atoms with Crippen molar-refractivity contribution < 1.29 is 0 Å². The van der Waals surface area contributed by atoms with Gasteiger partial charge >= 0.3 is 0 Å². The Bertz CT molecular complexity index is 209. The molecule has 0 aromatic heterocycles. The fraction of sp³-hybridized carbons (Fsp3) is 0.846. The average molecular weight is 244 g/mol. The normalized spacial score (nSPS) is 22.2. The third-order valence-electron chi connectivity index (χ3n) is 2.66. The second-order valence-corrected chi connectivity index (χ2v) is 6.94. The lowest BCUT2D eigenvalue weighted by atomic mass is 10.2. The van der Waals surface area contributed by atoms with Crippen molar-refractivity contribution in [2.75, 3.05) is 5.75 Å². The summed E-state index contributed by atoms with van der Waals surface area (Å²) in [6.07, 6.45) is 8.05. The van der Waals surface area contributed by atoms with Gasteiger partial charge < -0.3 is 0 Å². The standard InChI is InChI=1S/C13H24S2/c1-4-6-8-12-13(9-7-5-2)15-11(3)10-14-12/h11H,4-10H2,1-3H3. The van der Waals surface area contributed by atoms with Gasteiger partial charge in [0.25, 0.3) is 0 Å². The van der Waals surface area contributed by atoms with E-state index in [1.165, 1.54) is 44.3 Å². The lowest BCUT2D eigenvalue weighted by molar-refractivity contribution is 0.780. The molecule has 0 radical (unpaired) electrons. The van der Waals surface area contributed by atoms with Crippen molar-refractivity contribution in [1.29, 1.82) is 0 Å². The van der Waals surface area contributed by atoms with Crippen molar-refractivity contribution in [2.45, 2.75) is 64.5 Å². The van der Waals surface area contributed by atoms with E-state index in [9.17, 15) is 0 Å². The van der Waals surface area contributed by atoms with Gasteiger partial charge in [-0.15, -0.1) is 23.5 Å². The molecule has 0 aromatic carbocycles. The Morgan fingerprint density at radius 3 is 2.27 bits per heavy atom. The summed E-state index contributed by atoms with van der Waals surface area (Å²) in [4.78, 5) is 3.43. The molecule has 15 heavy (non-hydrogen) atoms. The van der Waals surface area contributed by atoms with Gasteiger partial charge in [0.1, 0.15) is 0 Å². The zero-order chi connectivity index (χ0) is 11.1. The molecule has 0 aliphatic carbocycles. The van der Waals surface area contributed by atoms with Gasteiger partial charge in [-0.3, -0.25) is 0 Å². The van der Waals surface area contributed by atoms with E-state index in [0.717, 1.165) is 5.25 Å². The van der Waals surface area contributed by atoms with Crippen LogP contribution in [-0.2, 0) is 0 Å². The van der Waals surface area contributed by atoms with Gasteiger partial charge in [-0.25, -0.2) is 0 Å². The van der Waals surface area contributed by atoms with Crippen LogP contribution in [0.4, 0.5) is 0 Å². The van der Waals surface area contributed by atoms with Gasteiger partial charge in [-0.2, -0.15) is 0 Å². The molecule has 0 aromatic rings. The number of thioether (sulfide) groups is 2. The Labute approximate surface area is 104 Å². The van der Waals surface area contributed by atoms with Crippen LogP contribution in [0.2, 0.25) is 0 Å². The van der Waals surface area contributed by atoms with Crippen LogP contribution in [0.1, 0.15) is 59.3 Å². The molecule has 1 unspecified atom stereocenters. The smallest absolute Gasteiger partial charge is 0.0157 e. The van der Waals surface area contributed by atoms with E-state index in [1.54, 1.807) is 9.81 Å². The largest absolute Gasteiger partial charge is 0.129 e. The zero-order valence-corrected chi connectivity index (χ0v) is 12.0. The molecule has 0 fully saturated rings. The summed E-state index contributed by atoms with van der Waals surface area (Å²) in [5, 5.41) is 0.826. The molecule has 88 valence electrons. The number of hydrogen-bond acceptors (Lipinski definition) is 2. The van der Waals surface area contributed by atoms with Crippen molar-refractivity contribution in [3.63, 3.8) is 0 Å². The van der Waals surface area contributed by atoms with Crippen LogP contribution in [0.5, 0.6) is 0 Å². The molecule has 1 heterocycles. The van der Waals surface area contributed by atoms with Crippen molar-refractivity contribution >= 4 is 23.5 Å². The molecule has 1 aliphatic rings. The fourth-order valence-corrected chi connectivity index (χ4v) is 4.49. The third-order valence-corrected chi connectivity index (χ3v) is 5.77. The second kappa shape index (κ2) is 7.67. The molecule has 1 rings (SSSR count). The molecule has 2 heteroatoms. The molecule has 0 spiro atoms. The topological polar surface area (TPSA) is 0 Å². The van der Waals surface area contributed by atoms with E-state index in [2.05, 4.69) is 44.3 Å². The van der Waals surface area contributed by atoms with Gasteiger partial charge in [-0.1, -0.05) is 33.6 Å². The van der Waals surface area contributed by atoms with Crippen molar-refractivity contribution in [3.8, 4) is 0 Å². The number of allylic oxidation sites excluding steroid dienone is 2. The summed E-state index contributed by atoms with van der Waals surface area (Å²) in [7, 11) is 0. The summed E-state index contributed by atoms with van der Waals surface area (Å²) in [6.45, 7) is 6.94. The minimum absolute atomic E-state index is 0.826. The minimum atomic E-state index is 0.826. The predicted molar refractivity (Wildman–Crippen MR) is 75.6 cm³/mol. The van der Waals surface area contributed by atoms with E-state index in [-0.39, 0.29) is 0 Å². The van der Waals surface area contributed by atoms with Crippen LogP contribution in [0.25, 0.3) is 0 Å². The van der Waals surface area contributed by atoms with E-state index in [1.807, 2.05) is 0 Å². The van der Waals surface area contributed by atoms with Crippen LogP contribution < -0.4 is 0 Å². The fourth-order valence-electron chi connectivity index (χ4n) is 1.73. The molecular weight excluding hydrogens is 220 g/mol. The number of unbranched alkanes of at least 4 members (excludes halogenated alkanes) is 2. The van der Waals surface area contributed by atoms with E-state index in [0.29, 0.717) is 0 Å². The van der Waals surface area contributed by atoms with Gasteiger partial charge in [-0.05, 0) is 35.5 Å². The molecule has 1 aliphatic heterocycles. The molecular formula is C13H24S2. The van der Waals surface area contributed by atoms with E-state index < -0.39 is 0 Å². The summed E-state index contributed by atoms with van der Waals surface area (Å²) >= 11 is 4.27. The first-order valence-electron chi connectivity index (χ1n) is 6.29. The highest BCUT2D eigenvalue weighted by atomic mass is 32.2. The highest BCUT2D eigenvalue weighted by molar-refractivity contribution is 8.10. The van der Waals surface area contributed by atoms with Gasteiger partial charge in [0.05, 0.1) is 0 Å². The minimum Gasteiger partial charge on any atom is -0.129 e. The Morgan fingerprint density at radius 2 is 1.67 bits per heavy atom. The maximum atomic E-state index is 2.36. The molecule has 0 saturated heterocycles. The summed E-state index contributed by atoms with van der Waals surface area (Å²) < 4.78 is 0. The average Bonchev–Trinajstić information content (AvgIpc) is 2.25. The lowest BCUT2D eigenvalue weighted by Crippen LogP contribution is -2.07. The maximum absolute atomic E-state index is 2.36. The molecule has 0 amide bonds. The van der Waals surface area contributed by atoms with Crippen LogP contribution in [0.3, 0.4) is 0 Å². The lowest BCUT2D eigenvalue weighted by Gasteiger charge is -2.24. The zero-order valence-electron chi connectivity index (χ0n) is 10.3. The summed E-state index contributed by atoms with van der Waals surface area (Å²) in [6, 6.07) is 0. The van der Waals surface area contributed by atoms with E-state index >= 15 is 0 Å². The summed E-state index contributed by atoms with van der Waals surface area (Å²) in [5.41, 5.74) is 0. The van der Waals surface area contributed by atoms with Gasteiger partial charge in [0.2, 0.25) is 0 Å². The molecule has 0 bridgehead atoms. The van der Waals surface area contributed by atoms with Crippen LogP contribution in [-0.4, -0.2) is 11.0 Å². The molecule has 0 saturated carbocycles. The molecule has 1 atom stereocenters. The number of hydrogen-bond donors (Lipinski definition) is 0. The third kappa shape index (κ3) is 4.86. The van der Waals surface area contributed by atoms with Gasteiger partial charge in [0.15, 0.2) is 0 Å². The van der Waals surface area contributed by atoms with Crippen molar-refractivity contribution in [1.82, 2.24) is 0 Å². The maximum Gasteiger partial charge on any atom is 0.0157 e. The first-order valence-corrected chi connectivity index (χ1v) is 8.15. The monoisotopic (exact) mass is 244 g/mol. The SMILES string of the molecule is CCCCC1=C(CCCC)SC(C)CS1. The predicted octanol–water partition coefficient (Wildman–Crippen LogP) is 5.45. The number of rotatable bonds is 6. The van der Waals surface area contributed by atoms with Gasteiger partial charge in [0, 0.05) is 11.0 Å². The van der Waals surface area contributed by atoms with Crippen LogP contribution in [0.15, 0.2) is 9.81 Å². The van der Waals surface area contributed by atoms with Crippen LogP contribution >= 0.6 is 23.5 Å². The quantitative estimate of drug-likeness (QED) is 0.609. The first-order chi connectivity index (χ1) is 7.27. The molecule has 0 N–H and O–H groups in total. The van der Waals surface area contributed by atoms with E-state index in [4.69, 9.17) is 0 Å². The highest BCUT2D eigenvalue weighted by Crippen LogP contribution is 2.42. The Hall–Kier alpha value is 0.440. The Morgan fingerprint density at radius 1 is 1.07 bits per heavy atom. The Kier molecular flexibility index (Phi) is 6.91. The van der Waals surface area contributed by atoms with Crippen molar-refractivity contribution in [3.05, 3.63) is 9.81 Å². The second-order valence-electron chi connectivity index (χ2n) is 4.29. The summed E-state index contributed by atoms with van der Waals surface area (Å²) in [5.74, 6) is 1.32. The molecule has 0 nitrogen and oxygen atoms in total. The highest BCUT2D eigenvalue weighted by Gasteiger charge is 2.18. The first kappa shape index (κ1) is 13.5. The van der Waals surface area contributed by atoms with Crippen LogP contribution in [0, 0.1) is 0 Å².